The highest BCUT2D eigenvalue weighted by Gasteiger charge is 2.60. The quantitative estimate of drug-likeness (QED) is 0.264. The van der Waals surface area contributed by atoms with Crippen LogP contribution in [0.1, 0.15) is 26.7 Å². The number of ether oxygens (including phenoxy) is 1. The first-order valence-corrected chi connectivity index (χ1v) is 12.8. The Morgan fingerprint density at radius 1 is 1.20 bits per heavy atom. The second kappa shape index (κ2) is 10.3. The Labute approximate surface area is 207 Å². The Hall–Kier alpha value is -2.35. The predicted octanol–water partition coefficient (Wildman–Crippen LogP) is -0.210. The number of aliphatic carboxylic acids is 1. The Kier molecular flexibility index (Phi) is 7.60. The van der Waals surface area contributed by atoms with E-state index in [-0.39, 0.29) is 47.5 Å². The minimum absolute atomic E-state index is 0.0164. The first-order valence-electron chi connectivity index (χ1n) is 11.9. The molecule has 4 aliphatic heterocycles. The number of nitrogens with one attached hydrogen (secondary N) is 1. The third kappa shape index (κ3) is 5.13. The summed E-state index contributed by atoms with van der Waals surface area (Å²) in [6.45, 7) is 6.14. The molecule has 13 heteroatoms. The molecule has 35 heavy (non-hydrogen) atoms. The molecule has 2 amide bonds. The number of rotatable bonds is 7. The van der Waals surface area contributed by atoms with Crippen LogP contribution in [0.2, 0.25) is 0 Å². The summed E-state index contributed by atoms with van der Waals surface area (Å²) < 4.78 is 5.01. The number of fused-ring (bicyclic) bond motifs is 1. The van der Waals surface area contributed by atoms with Gasteiger partial charge in [-0.15, -0.1) is 11.8 Å². The summed E-state index contributed by atoms with van der Waals surface area (Å²) in [5.41, 5.74) is 0. The molecule has 0 spiro atoms. The Morgan fingerprint density at radius 3 is 2.60 bits per heavy atom. The summed E-state index contributed by atoms with van der Waals surface area (Å²) in [6.07, 6.45) is -1.11. The van der Waals surface area contributed by atoms with Crippen LogP contribution in [0.15, 0.2) is 10.8 Å². The summed E-state index contributed by atoms with van der Waals surface area (Å²) in [4.78, 5) is 53.6. The van der Waals surface area contributed by atoms with Crippen molar-refractivity contribution < 1.29 is 39.2 Å². The zero-order valence-corrected chi connectivity index (χ0v) is 20.6. The van der Waals surface area contributed by atoms with Gasteiger partial charge in [0.25, 0.3) is 0 Å². The lowest BCUT2D eigenvalue weighted by Gasteiger charge is -2.45. The monoisotopic (exact) mass is 512 g/mol. The second-order valence-corrected chi connectivity index (χ2v) is 10.9. The van der Waals surface area contributed by atoms with E-state index in [1.165, 1.54) is 16.7 Å². The Morgan fingerprint density at radius 2 is 1.94 bits per heavy atom. The van der Waals surface area contributed by atoms with E-state index in [4.69, 9.17) is 9.84 Å². The molecule has 194 valence electrons. The zero-order chi connectivity index (χ0) is 25.4. The average molecular weight is 513 g/mol. The lowest BCUT2D eigenvalue weighted by molar-refractivity contribution is -0.163. The molecule has 4 rings (SSSR count). The zero-order valence-electron chi connectivity index (χ0n) is 19.8. The molecule has 3 saturated heterocycles. The molecule has 0 radical (unpaired) electrons. The average Bonchev–Trinajstić information content (AvgIpc) is 3.21. The van der Waals surface area contributed by atoms with Crippen molar-refractivity contribution in [1.29, 1.82) is 0 Å². The molecule has 3 fully saturated rings. The van der Waals surface area contributed by atoms with Crippen LogP contribution in [0.5, 0.6) is 0 Å². The highest BCUT2D eigenvalue weighted by molar-refractivity contribution is 8.03. The third-order valence-electron chi connectivity index (χ3n) is 7.19. The van der Waals surface area contributed by atoms with Gasteiger partial charge in [0.2, 0.25) is 17.7 Å². The molecule has 0 aromatic carbocycles. The van der Waals surface area contributed by atoms with E-state index in [0.717, 1.165) is 0 Å². The van der Waals surface area contributed by atoms with E-state index in [0.29, 0.717) is 50.5 Å². The fraction of sp³-hybridized carbons (Fsp3) is 0.727. The fourth-order valence-electron chi connectivity index (χ4n) is 5.52. The third-order valence-corrected chi connectivity index (χ3v) is 8.68. The predicted molar refractivity (Wildman–Crippen MR) is 124 cm³/mol. The van der Waals surface area contributed by atoms with Gasteiger partial charge in [0, 0.05) is 43.9 Å². The molecule has 5 unspecified atom stereocenters. The number of carboxylic acid groups (broad SMARTS) is 2. The van der Waals surface area contributed by atoms with Crippen molar-refractivity contribution in [3.8, 4) is 0 Å². The van der Waals surface area contributed by atoms with Crippen LogP contribution in [0.4, 0.5) is 4.79 Å². The SMILES string of the molecule is CC(O)C1C(=O)N2C(OC(=O)O)=C(SC3CNC(C(=O)N4CCCN(CC(=O)O)CC4)C3)C(C)[C@@H]12. The van der Waals surface area contributed by atoms with Crippen LogP contribution in [0.3, 0.4) is 0 Å². The molecule has 0 aromatic rings. The van der Waals surface area contributed by atoms with Gasteiger partial charge in [0.1, 0.15) is 0 Å². The number of thioether (sulfide) groups is 1. The second-order valence-electron chi connectivity index (χ2n) is 9.58. The number of carbonyl (C=O) groups is 4. The Balaban J connectivity index is 1.39. The highest BCUT2D eigenvalue weighted by atomic mass is 32.2. The van der Waals surface area contributed by atoms with Gasteiger partial charge in [-0.25, -0.2) is 4.79 Å². The van der Waals surface area contributed by atoms with Crippen LogP contribution >= 0.6 is 11.8 Å². The minimum Gasteiger partial charge on any atom is -0.480 e. The van der Waals surface area contributed by atoms with E-state index in [1.807, 2.05) is 11.8 Å². The summed E-state index contributed by atoms with van der Waals surface area (Å²) in [5, 5.41) is 31.5. The van der Waals surface area contributed by atoms with E-state index < -0.39 is 24.1 Å². The molecular weight excluding hydrogens is 480 g/mol. The minimum atomic E-state index is -1.50. The molecule has 0 aliphatic carbocycles. The van der Waals surface area contributed by atoms with Crippen molar-refractivity contribution in [3.05, 3.63) is 10.8 Å². The number of aliphatic hydroxyl groups is 1. The van der Waals surface area contributed by atoms with E-state index >= 15 is 0 Å². The number of aliphatic hydroxyl groups excluding tert-OH is 1. The van der Waals surface area contributed by atoms with E-state index in [2.05, 4.69) is 5.32 Å². The van der Waals surface area contributed by atoms with Gasteiger partial charge < -0.3 is 30.3 Å². The molecule has 4 heterocycles. The van der Waals surface area contributed by atoms with Crippen molar-refractivity contribution >= 4 is 35.7 Å². The van der Waals surface area contributed by atoms with Gasteiger partial charge in [-0.1, -0.05) is 6.92 Å². The van der Waals surface area contributed by atoms with Crippen molar-refractivity contribution in [2.45, 2.75) is 50.1 Å². The van der Waals surface area contributed by atoms with E-state index in [9.17, 15) is 29.4 Å². The summed E-state index contributed by atoms with van der Waals surface area (Å²) in [6, 6.07) is -0.736. The lowest BCUT2D eigenvalue weighted by atomic mass is 9.79. The lowest BCUT2D eigenvalue weighted by Crippen LogP contribution is -2.63. The van der Waals surface area contributed by atoms with Crippen molar-refractivity contribution in [3.63, 3.8) is 0 Å². The maximum atomic E-state index is 13.1. The van der Waals surface area contributed by atoms with Crippen LogP contribution in [-0.4, -0.2) is 117 Å². The number of carbonyl (C=O) groups excluding carboxylic acids is 2. The molecule has 4 aliphatic rings. The molecule has 0 bridgehead atoms. The summed E-state index contributed by atoms with van der Waals surface area (Å²) in [5.74, 6) is -2.03. The maximum absolute atomic E-state index is 13.1. The van der Waals surface area contributed by atoms with Crippen molar-refractivity contribution in [2.75, 3.05) is 39.3 Å². The standard InChI is InChI=1S/C22H32N4O8S/c1-11-17-16(12(2)27)20(31)26(17)21(34-22(32)33)18(11)35-13-8-14(23-9-13)19(30)25-5-3-4-24(6-7-25)10-15(28)29/h11-14,16-17,23,27H,3-10H2,1-2H3,(H,28,29)(H,32,33)/t11?,12?,13?,14?,16?,17-/m0/s1. The van der Waals surface area contributed by atoms with Gasteiger partial charge in [-0.2, -0.15) is 0 Å². The van der Waals surface area contributed by atoms with Crippen LogP contribution in [-0.2, 0) is 19.1 Å². The number of hydrogen-bond donors (Lipinski definition) is 4. The maximum Gasteiger partial charge on any atom is 0.512 e. The number of amides is 2. The van der Waals surface area contributed by atoms with Crippen LogP contribution in [0, 0.1) is 11.8 Å². The number of carboxylic acids is 1. The summed E-state index contributed by atoms with van der Waals surface area (Å²) in [7, 11) is 0. The number of β-lactam (4-membered cyclic amide) rings is 1. The van der Waals surface area contributed by atoms with Gasteiger partial charge in [0.15, 0.2) is 0 Å². The van der Waals surface area contributed by atoms with Crippen molar-refractivity contribution in [1.82, 2.24) is 20.0 Å². The van der Waals surface area contributed by atoms with Gasteiger partial charge in [-0.05, 0) is 19.8 Å². The van der Waals surface area contributed by atoms with Crippen LogP contribution < -0.4 is 5.32 Å². The first kappa shape index (κ1) is 25.7. The summed E-state index contributed by atoms with van der Waals surface area (Å²) >= 11 is 1.42. The van der Waals surface area contributed by atoms with Gasteiger partial charge >= 0.3 is 12.1 Å². The smallest absolute Gasteiger partial charge is 0.480 e. The molecular formula is C22H32N4O8S. The van der Waals surface area contributed by atoms with Gasteiger partial charge in [0.05, 0.1) is 35.6 Å². The largest absolute Gasteiger partial charge is 0.512 e. The molecule has 6 atom stereocenters. The van der Waals surface area contributed by atoms with Crippen molar-refractivity contribution in [2.24, 2.45) is 11.8 Å². The van der Waals surface area contributed by atoms with E-state index in [1.54, 1.807) is 11.8 Å². The number of hydrogen-bond acceptors (Lipinski definition) is 9. The van der Waals surface area contributed by atoms with Gasteiger partial charge in [-0.3, -0.25) is 24.2 Å². The number of nitrogens with zero attached hydrogens (tertiary/aromatic N) is 3. The normalized spacial score (nSPS) is 32.2. The topological polar surface area (TPSA) is 160 Å². The molecule has 4 N–H and O–H groups in total. The Bertz CT molecular complexity index is 927. The molecule has 0 aromatic heterocycles. The van der Waals surface area contributed by atoms with Crippen LogP contribution in [0.25, 0.3) is 0 Å². The highest BCUT2D eigenvalue weighted by Crippen LogP contribution is 2.52. The molecule has 0 saturated carbocycles. The fourth-order valence-corrected chi connectivity index (χ4v) is 6.95. The molecule has 12 nitrogen and oxygen atoms in total. The first-order chi connectivity index (χ1) is 16.6.